The molecule has 0 saturated carbocycles. The Morgan fingerprint density at radius 3 is 2.14 bits per heavy atom. The molecule has 0 bridgehead atoms. The van der Waals surface area contributed by atoms with Crippen LogP contribution >= 0.6 is 0 Å². The lowest BCUT2D eigenvalue weighted by atomic mass is 10.1. The topological polar surface area (TPSA) is 32.3 Å². The molecule has 0 heterocycles. The van der Waals surface area contributed by atoms with E-state index < -0.39 is 0 Å². The molecule has 0 aromatic heterocycles. The van der Waals surface area contributed by atoms with Crippen LogP contribution in [0.3, 0.4) is 0 Å². The third kappa shape index (κ3) is 4.43. The van der Waals surface area contributed by atoms with Crippen LogP contribution < -0.4 is 5.32 Å². The molecule has 21 heavy (non-hydrogen) atoms. The second-order valence-corrected chi connectivity index (χ2v) is 5.30. The van der Waals surface area contributed by atoms with Crippen molar-refractivity contribution >= 4 is 5.91 Å². The summed E-state index contributed by atoms with van der Waals surface area (Å²) in [6.45, 7) is 0.653. The first kappa shape index (κ1) is 15.3. The van der Waals surface area contributed by atoms with Crippen molar-refractivity contribution in [2.45, 2.75) is 12.5 Å². The summed E-state index contributed by atoms with van der Waals surface area (Å²) in [5.74, 6) is 0.0436. The lowest BCUT2D eigenvalue weighted by Gasteiger charge is -2.23. The van der Waals surface area contributed by atoms with E-state index in [9.17, 15) is 4.79 Å². The average Bonchev–Trinajstić information content (AvgIpc) is 2.49. The number of likely N-dealkylation sites (N-methyl/N-ethyl adjacent to an activating group) is 1. The SMILES string of the molecule is CN(C)C(C(=O)NCCc1ccccc1)c1ccccc1. The summed E-state index contributed by atoms with van der Waals surface area (Å²) in [6.07, 6.45) is 0.849. The van der Waals surface area contributed by atoms with E-state index in [0.29, 0.717) is 6.54 Å². The zero-order valence-corrected chi connectivity index (χ0v) is 12.6. The van der Waals surface area contributed by atoms with Crippen LogP contribution in [0.1, 0.15) is 17.2 Å². The first-order chi connectivity index (χ1) is 10.2. The van der Waals surface area contributed by atoms with Crippen molar-refractivity contribution in [3.8, 4) is 0 Å². The largest absolute Gasteiger partial charge is 0.354 e. The van der Waals surface area contributed by atoms with Gasteiger partial charge in [0.15, 0.2) is 0 Å². The average molecular weight is 282 g/mol. The number of hydrogen-bond donors (Lipinski definition) is 1. The highest BCUT2D eigenvalue weighted by molar-refractivity contribution is 5.83. The Morgan fingerprint density at radius 2 is 1.57 bits per heavy atom. The van der Waals surface area contributed by atoms with Gasteiger partial charge in [-0.2, -0.15) is 0 Å². The summed E-state index contributed by atoms with van der Waals surface area (Å²) in [6, 6.07) is 19.8. The quantitative estimate of drug-likeness (QED) is 0.883. The molecule has 3 heteroatoms. The molecule has 0 aliphatic heterocycles. The molecule has 0 radical (unpaired) electrons. The minimum atomic E-state index is -0.248. The number of amides is 1. The van der Waals surface area contributed by atoms with Gasteiger partial charge in [-0.25, -0.2) is 0 Å². The lowest BCUT2D eigenvalue weighted by molar-refractivity contribution is -0.125. The van der Waals surface area contributed by atoms with Crippen molar-refractivity contribution in [1.29, 1.82) is 0 Å². The normalized spacial score (nSPS) is 12.1. The Balaban J connectivity index is 1.94. The molecular formula is C18H22N2O. The van der Waals surface area contributed by atoms with E-state index in [1.165, 1.54) is 5.56 Å². The standard InChI is InChI=1S/C18H22N2O/c1-20(2)17(16-11-7-4-8-12-16)18(21)19-14-13-15-9-5-3-6-10-15/h3-12,17H,13-14H2,1-2H3,(H,19,21). The van der Waals surface area contributed by atoms with Gasteiger partial charge in [0.25, 0.3) is 0 Å². The van der Waals surface area contributed by atoms with Gasteiger partial charge < -0.3 is 5.32 Å². The minimum absolute atomic E-state index is 0.0436. The molecule has 1 amide bonds. The van der Waals surface area contributed by atoms with E-state index in [0.717, 1.165) is 12.0 Å². The Labute approximate surface area is 126 Å². The van der Waals surface area contributed by atoms with Crippen molar-refractivity contribution in [3.05, 3.63) is 71.8 Å². The van der Waals surface area contributed by atoms with Crippen LogP contribution in [0, 0.1) is 0 Å². The van der Waals surface area contributed by atoms with Crippen molar-refractivity contribution in [3.63, 3.8) is 0 Å². The van der Waals surface area contributed by atoms with Gasteiger partial charge in [-0.3, -0.25) is 9.69 Å². The monoisotopic (exact) mass is 282 g/mol. The number of carbonyl (C=O) groups is 1. The van der Waals surface area contributed by atoms with Gasteiger partial charge in [0.05, 0.1) is 0 Å². The highest BCUT2D eigenvalue weighted by Crippen LogP contribution is 2.17. The number of hydrogen-bond acceptors (Lipinski definition) is 2. The second kappa shape index (κ2) is 7.60. The van der Waals surface area contributed by atoms with Crippen molar-refractivity contribution in [1.82, 2.24) is 10.2 Å². The molecule has 0 spiro atoms. The zero-order valence-electron chi connectivity index (χ0n) is 12.6. The molecular weight excluding hydrogens is 260 g/mol. The predicted octanol–water partition coefficient (Wildman–Crippen LogP) is 2.65. The van der Waals surface area contributed by atoms with Crippen molar-refractivity contribution < 1.29 is 4.79 Å². The highest BCUT2D eigenvalue weighted by atomic mass is 16.2. The Hall–Kier alpha value is -2.13. The fraction of sp³-hybridized carbons (Fsp3) is 0.278. The molecule has 2 aromatic rings. The maximum Gasteiger partial charge on any atom is 0.241 e. The number of carbonyl (C=O) groups excluding carboxylic acids is 1. The molecule has 0 fully saturated rings. The lowest BCUT2D eigenvalue weighted by Crippen LogP contribution is -2.37. The van der Waals surface area contributed by atoms with Gasteiger partial charge in [-0.1, -0.05) is 60.7 Å². The third-order valence-corrected chi connectivity index (χ3v) is 3.44. The fourth-order valence-electron chi connectivity index (χ4n) is 2.39. The summed E-state index contributed by atoms with van der Waals surface area (Å²) in [7, 11) is 3.85. The first-order valence-electron chi connectivity index (χ1n) is 7.21. The molecule has 1 N–H and O–H groups in total. The number of rotatable bonds is 6. The van der Waals surface area contributed by atoms with Crippen LogP contribution in [0.4, 0.5) is 0 Å². The summed E-state index contributed by atoms with van der Waals surface area (Å²) in [5.41, 5.74) is 2.25. The second-order valence-electron chi connectivity index (χ2n) is 5.30. The van der Waals surface area contributed by atoms with E-state index >= 15 is 0 Å². The van der Waals surface area contributed by atoms with Crippen LogP contribution in [0.2, 0.25) is 0 Å². The minimum Gasteiger partial charge on any atom is -0.354 e. The van der Waals surface area contributed by atoms with Gasteiger partial charge in [0.1, 0.15) is 6.04 Å². The predicted molar refractivity (Wildman–Crippen MR) is 86.0 cm³/mol. The number of nitrogens with one attached hydrogen (secondary N) is 1. The molecule has 0 aliphatic carbocycles. The number of benzene rings is 2. The zero-order chi connectivity index (χ0) is 15.1. The summed E-state index contributed by atoms with van der Waals surface area (Å²) >= 11 is 0. The fourth-order valence-corrected chi connectivity index (χ4v) is 2.39. The van der Waals surface area contributed by atoms with E-state index in [2.05, 4.69) is 17.4 Å². The smallest absolute Gasteiger partial charge is 0.241 e. The van der Waals surface area contributed by atoms with Crippen LogP contribution in [0.15, 0.2) is 60.7 Å². The van der Waals surface area contributed by atoms with Crippen LogP contribution in [0.5, 0.6) is 0 Å². The Bertz CT molecular complexity index is 552. The van der Waals surface area contributed by atoms with E-state index in [4.69, 9.17) is 0 Å². The maximum atomic E-state index is 12.4. The van der Waals surface area contributed by atoms with E-state index in [-0.39, 0.29) is 11.9 Å². The third-order valence-electron chi connectivity index (χ3n) is 3.44. The van der Waals surface area contributed by atoms with Gasteiger partial charge in [-0.05, 0) is 31.6 Å². The molecule has 110 valence electrons. The number of nitrogens with zero attached hydrogens (tertiary/aromatic N) is 1. The molecule has 0 saturated heterocycles. The molecule has 2 rings (SSSR count). The molecule has 1 unspecified atom stereocenters. The van der Waals surface area contributed by atoms with Crippen LogP contribution in [-0.2, 0) is 11.2 Å². The Morgan fingerprint density at radius 1 is 1.00 bits per heavy atom. The molecule has 1 atom stereocenters. The van der Waals surface area contributed by atoms with Crippen molar-refractivity contribution in [2.24, 2.45) is 0 Å². The van der Waals surface area contributed by atoms with E-state index in [1.807, 2.05) is 67.5 Å². The summed E-state index contributed by atoms with van der Waals surface area (Å²) in [4.78, 5) is 14.4. The molecule has 0 aliphatic rings. The first-order valence-corrected chi connectivity index (χ1v) is 7.21. The van der Waals surface area contributed by atoms with Crippen LogP contribution in [0.25, 0.3) is 0 Å². The summed E-state index contributed by atoms with van der Waals surface area (Å²) in [5, 5.41) is 3.03. The molecule has 3 nitrogen and oxygen atoms in total. The van der Waals surface area contributed by atoms with Crippen molar-refractivity contribution in [2.75, 3.05) is 20.6 Å². The highest BCUT2D eigenvalue weighted by Gasteiger charge is 2.21. The van der Waals surface area contributed by atoms with Gasteiger partial charge in [0.2, 0.25) is 5.91 Å². The molecule has 2 aromatic carbocycles. The maximum absolute atomic E-state index is 12.4. The van der Waals surface area contributed by atoms with Gasteiger partial charge >= 0.3 is 0 Å². The van der Waals surface area contributed by atoms with Gasteiger partial charge in [0, 0.05) is 6.54 Å². The Kier molecular flexibility index (Phi) is 5.52. The van der Waals surface area contributed by atoms with Gasteiger partial charge in [-0.15, -0.1) is 0 Å². The van der Waals surface area contributed by atoms with E-state index in [1.54, 1.807) is 0 Å². The van der Waals surface area contributed by atoms with Crippen LogP contribution in [-0.4, -0.2) is 31.4 Å². The summed E-state index contributed by atoms with van der Waals surface area (Å²) < 4.78 is 0.